The first-order valence-electron chi connectivity index (χ1n) is 5.98. The molecule has 0 aromatic heterocycles. The number of benzene rings is 2. The van der Waals surface area contributed by atoms with Gasteiger partial charge in [-0.15, -0.1) is 0 Å². The lowest BCUT2D eigenvalue weighted by Gasteiger charge is -2.11. The number of hydrogen-bond acceptors (Lipinski definition) is 4. The van der Waals surface area contributed by atoms with Crippen molar-refractivity contribution >= 4 is 33.2 Å². The first-order chi connectivity index (χ1) is 9.88. The number of nitro benzene ring substituents is 1. The number of aliphatic hydroxyl groups is 1. The minimum Gasteiger partial charge on any atom is -0.456 e. The molecule has 0 unspecified atom stereocenters. The Kier molecular flexibility index (Phi) is 4.82. The van der Waals surface area contributed by atoms with Gasteiger partial charge in [-0.3, -0.25) is 10.1 Å². The van der Waals surface area contributed by atoms with Crippen LogP contribution in [0.1, 0.15) is 18.6 Å². The first kappa shape index (κ1) is 15.8. The number of rotatable bonds is 4. The predicted octanol–water partition coefficient (Wildman–Crippen LogP) is 4.86. The lowest BCUT2D eigenvalue weighted by Crippen LogP contribution is -1.93. The van der Waals surface area contributed by atoms with Crippen molar-refractivity contribution in [1.82, 2.24) is 0 Å². The van der Waals surface area contributed by atoms with Gasteiger partial charge in [-0.05, 0) is 46.6 Å². The lowest BCUT2D eigenvalue weighted by molar-refractivity contribution is -0.384. The Labute approximate surface area is 134 Å². The van der Waals surface area contributed by atoms with E-state index in [4.69, 9.17) is 16.3 Å². The highest BCUT2D eigenvalue weighted by Crippen LogP contribution is 2.35. The summed E-state index contributed by atoms with van der Waals surface area (Å²) < 4.78 is 6.29. The van der Waals surface area contributed by atoms with Gasteiger partial charge in [0.2, 0.25) is 0 Å². The zero-order valence-electron chi connectivity index (χ0n) is 10.9. The molecule has 1 atom stereocenters. The van der Waals surface area contributed by atoms with Crippen LogP contribution in [0.4, 0.5) is 5.69 Å². The average molecular weight is 373 g/mol. The summed E-state index contributed by atoms with van der Waals surface area (Å²) in [6.45, 7) is 1.67. The summed E-state index contributed by atoms with van der Waals surface area (Å²) in [7, 11) is 0. The molecule has 1 N–H and O–H groups in total. The van der Waals surface area contributed by atoms with Gasteiger partial charge in [0.25, 0.3) is 5.69 Å². The third-order valence-electron chi connectivity index (χ3n) is 2.78. The van der Waals surface area contributed by atoms with Gasteiger partial charge in [-0.25, -0.2) is 0 Å². The molecule has 2 aromatic carbocycles. The summed E-state index contributed by atoms with van der Waals surface area (Å²) >= 11 is 9.18. The van der Waals surface area contributed by atoms with Crippen molar-refractivity contribution in [3.8, 4) is 11.5 Å². The molecule has 0 saturated heterocycles. The number of nitrogens with zero attached hydrogens (tertiary/aromatic N) is 1. The van der Waals surface area contributed by atoms with Gasteiger partial charge in [0, 0.05) is 12.1 Å². The van der Waals surface area contributed by atoms with E-state index in [0.29, 0.717) is 16.0 Å². The molecule has 0 bridgehead atoms. The monoisotopic (exact) mass is 371 g/mol. The van der Waals surface area contributed by atoms with E-state index in [1.807, 2.05) is 0 Å². The molecule has 5 nitrogen and oxygen atoms in total. The second kappa shape index (κ2) is 6.43. The Balaban J connectivity index is 2.26. The molecule has 110 valence electrons. The molecule has 0 aliphatic carbocycles. The van der Waals surface area contributed by atoms with Gasteiger partial charge in [0.05, 0.1) is 15.5 Å². The Hall–Kier alpha value is -1.63. The molecule has 2 aromatic rings. The Morgan fingerprint density at radius 3 is 2.57 bits per heavy atom. The van der Waals surface area contributed by atoms with Crippen LogP contribution < -0.4 is 4.74 Å². The maximum Gasteiger partial charge on any atom is 0.288 e. The van der Waals surface area contributed by atoms with Gasteiger partial charge in [-0.1, -0.05) is 17.7 Å². The van der Waals surface area contributed by atoms with Gasteiger partial charge in [0.1, 0.15) is 16.5 Å². The summed E-state index contributed by atoms with van der Waals surface area (Å²) in [5.41, 5.74) is 0.573. The maximum absolute atomic E-state index is 10.7. The topological polar surface area (TPSA) is 72.6 Å². The molecular formula is C14H11BrClNO4. The fraction of sp³-hybridized carbons (Fsp3) is 0.143. The fourth-order valence-corrected chi connectivity index (χ4v) is 2.40. The average Bonchev–Trinajstić information content (AvgIpc) is 2.40. The second-order valence-electron chi connectivity index (χ2n) is 4.34. The standard InChI is InChI=1S/C14H11BrClNO4/c1-8(18)9-2-5-14(11(15)6-9)21-10-3-4-13(17(19)20)12(16)7-10/h2-8,18H,1H3/t8-/m0/s1. The number of nitro groups is 1. The van der Waals surface area contributed by atoms with Crippen LogP contribution in [0.25, 0.3) is 0 Å². The quantitative estimate of drug-likeness (QED) is 0.614. The highest BCUT2D eigenvalue weighted by Gasteiger charge is 2.14. The third-order valence-corrected chi connectivity index (χ3v) is 3.70. The SMILES string of the molecule is C[C@H](O)c1ccc(Oc2ccc([N+](=O)[O-])c(Cl)c2)c(Br)c1. The van der Waals surface area contributed by atoms with E-state index >= 15 is 0 Å². The molecule has 0 spiro atoms. The summed E-state index contributed by atoms with van der Waals surface area (Å²) in [4.78, 5) is 10.1. The van der Waals surface area contributed by atoms with Gasteiger partial charge >= 0.3 is 0 Å². The van der Waals surface area contributed by atoms with E-state index < -0.39 is 11.0 Å². The Bertz CT molecular complexity index is 691. The molecule has 0 heterocycles. The van der Waals surface area contributed by atoms with E-state index in [1.165, 1.54) is 18.2 Å². The smallest absolute Gasteiger partial charge is 0.288 e. The van der Waals surface area contributed by atoms with Crippen LogP contribution in [-0.2, 0) is 0 Å². The molecule has 0 fully saturated rings. The van der Waals surface area contributed by atoms with Crippen molar-refractivity contribution in [2.24, 2.45) is 0 Å². The van der Waals surface area contributed by atoms with Gasteiger partial charge < -0.3 is 9.84 Å². The number of halogens is 2. The zero-order valence-corrected chi connectivity index (χ0v) is 13.3. The number of ether oxygens (including phenoxy) is 1. The lowest BCUT2D eigenvalue weighted by atomic mass is 10.1. The summed E-state index contributed by atoms with van der Waals surface area (Å²) in [5, 5.41) is 20.2. The van der Waals surface area contributed by atoms with Crippen LogP contribution in [0.5, 0.6) is 11.5 Å². The highest BCUT2D eigenvalue weighted by atomic mass is 79.9. The normalized spacial score (nSPS) is 12.0. The van der Waals surface area contributed by atoms with Crippen molar-refractivity contribution in [3.63, 3.8) is 0 Å². The molecular weight excluding hydrogens is 362 g/mol. The predicted molar refractivity (Wildman–Crippen MR) is 83.0 cm³/mol. The highest BCUT2D eigenvalue weighted by molar-refractivity contribution is 9.10. The second-order valence-corrected chi connectivity index (χ2v) is 5.60. The molecule has 0 amide bonds. The van der Waals surface area contributed by atoms with E-state index in [-0.39, 0.29) is 10.7 Å². The third kappa shape index (κ3) is 3.72. The molecule has 0 aliphatic heterocycles. The van der Waals surface area contributed by atoms with Gasteiger partial charge in [0.15, 0.2) is 0 Å². The Morgan fingerprint density at radius 2 is 2.05 bits per heavy atom. The largest absolute Gasteiger partial charge is 0.456 e. The van der Waals surface area contributed by atoms with Crippen molar-refractivity contribution in [3.05, 3.63) is 61.6 Å². The van der Waals surface area contributed by atoms with Crippen molar-refractivity contribution < 1.29 is 14.8 Å². The van der Waals surface area contributed by atoms with Crippen LogP contribution in [0.15, 0.2) is 40.9 Å². The number of aliphatic hydroxyl groups excluding tert-OH is 1. The zero-order chi connectivity index (χ0) is 15.6. The van der Waals surface area contributed by atoms with Crippen molar-refractivity contribution in [2.45, 2.75) is 13.0 Å². The number of hydrogen-bond donors (Lipinski definition) is 1. The maximum atomic E-state index is 10.7. The summed E-state index contributed by atoms with van der Waals surface area (Å²) in [5.74, 6) is 0.903. The minimum absolute atomic E-state index is 0.00854. The van der Waals surface area contributed by atoms with Crippen LogP contribution in [0.2, 0.25) is 5.02 Å². The molecule has 0 saturated carbocycles. The molecule has 21 heavy (non-hydrogen) atoms. The summed E-state index contributed by atoms with van der Waals surface area (Å²) in [6, 6.07) is 9.32. The van der Waals surface area contributed by atoms with E-state index in [0.717, 1.165) is 5.56 Å². The Morgan fingerprint density at radius 1 is 1.33 bits per heavy atom. The summed E-state index contributed by atoms with van der Waals surface area (Å²) in [6.07, 6.45) is -0.579. The fourth-order valence-electron chi connectivity index (χ4n) is 1.69. The van der Waals surface area contributed by atoms with Crippen LogP contribution in [0.3, 0.4) is 0 Å². The van der Waals surface area contributed by atoms with E-state index in [1.54, 1.807) is 25.1 Å². The molecule has 2 rings (SSSR count). The first-order valence-corrected chi connectivity index (χ1v) is 7.15. The molecule has 0 radical (unpaired) electrons. The van der Waals surface area contributed by atoms with Crippen LogP contribution in [-0.4, -0.2) is 10.0 Å². The van der Waals surface area contributed by atoms with Crippen LogP contribution in [0, 0.1) is 10.1 Å². The van der Waals surface area contributed by atoms with E-state index in [9.17, 15) is 15.2 Å². The van der Waals surface area contributed by atoms with Gasteiger partial charge in [-0.2, -0.15) is 0 Å². The van der Waals surface area contributed by atoms with Crippen molar-refractivity contribution in [2.75, 3.05) is 0 Å². The van der Waals surface area contributed by atoms with E-state index in [2.05, 4.69) is 15.9 Å². The minimum atomic E-state index is -0.579. The van der Waals surface area contributed by atoms with Crippen molar-refractivity contribution in [1.29, 1.82) is 0 Å². The molecule has 7 heteroatoms. The van der Waals surface area contributed by atoms with Crippen LogP contribution >= 0.6 is 27.5 Å². The molecule has 0 aliphatic rings.